The minimum Gasteiger partial charge on any atom is -0.386 e. The summed E-state index contributed by atoms with van der Waals surface area (Å²) in [6, 6.07) is 9.52. The number of pyridine rings is 1. The zero-order valence-corrected chi connectivity index (χ0v) is 14.9. The van der Waals surface area contributed by atoms with E-state index in [9.17, 15) is 9.90 Å². The number of aliphatic hydroxyl groups excluding tert-OH is 1. The van der Waals surface area contributed by atoms with Gasteiger partial charge in [-0.1, -0.05) is 19.1 Å². The standard InChI is InChI=1S/C19H21N3O2S/c1-2-8-22(12-17(23)15-4-3-7-20-11-15)19(24)10-14-5-6-16-18(9-14)25-13-21-16/h3-7,9,11,13,17,23H,2,8,10,12H2,1H3. The quantitative estimate of drug-likeness (QED) is 0.707. The molecule has 0 radical (unpaired) electrons. The third-order valence-electron chi connectivity index (χ3n) is 4.06. The first-order valence-electron chi connectivity index (χ1n) is 8.35. The Balaban J connectivity index is 1.69. The van der Waals surface area contributed by atoms with E-state index < -0.39 is 6.10 Å². The largest absolute Gasteiger partial charge is 0.386 e. The number of thiazole rings is 1. The van der Waals surface area contributed by atoms with Crippen molar-refractivity contribution in [3.05, 3.63) is 59.4 Å². The molecule has 1 unspecified atom stereocenters. The molecule has 0 aliphatic rings. The number of carbonyl (C=O) groups excluding carboxylic acids is 1. The summed E-state index contributed by atoms with van der Waals surface area (Å²) in [5.74, 6) is 0.0219. The fourth-order valence-electron chi connectivity index (χ4n) is 2.77. The molecule has 1 aromatic carbocycles. The lowest BCUT2D eigenvalue weighted by Crippen LogP contribution is -2.36. The molecule has 1 N–H and O–H groups in total. The molecule has 5 nitrogen and oxygen atoms in total. The fourth-order valence-corrected chi connectivity index (χ4v) is 3.51. The summed E-state index contributed by atoms with van der Waals surface area (Å²) < 4.78 is 1.09. The SMILES string of the molecule is CCCN(CC(O)c1cccnc1)C(=O)Cc1ccc2ncsc2c1. The number of aromatic nitrogens is 2. The molecule has 0 aliphatic carbocycles. The van der Waals surface area contributed by atoms with Gasteiger partial charge in [-0.15, -0.1) is 11.3 Å². The van der Waals surface area contributed by atoms with Gasteiger partial charge in [0.15, 0.2) is 0 Å². The highest BCUT2D eigenvalue weighted by molar-refractivity contribution is 7.16. The number of nitrogens with zero attached hydrogens (tertiary/aromatic N) is 3. The number of fused-ring (bicyclic) bond motifs is 1. The maximum absolute atomic E-state index is 12.7. The van der Waals surface area contributed by atoms with Gasteiger partial charge in [-0.25, -0.2) is 4.98 Å². The van der Waals surface area contributed by atoms with E-state index in [-0.39, 0.29) is 12.5 Å². The molecule has 0 aliphatic heterocycles. The Morgan fingerprint density at radius 3 is 3.00 bits per heavy atom. The van der Waals surface area contributed by atoms with Crippen LogP contribution in [0.2, 0.25) is 0 Å². The molecule has 130 valence electrons. The lowest BCUT2D eigenvalue weighted by molar-refractivity contribution is -0.132. The zero-order chi connectivity index (χ0) is 17.6. The number of amides is 1. The highest BCUT2D eigenvalue weighted by Crippen LogP contribution is 2.20. The van der Waals surface area contributed by atoms with Crippen LogP contribution >= 0.6 is 11.3 Å². The molecule has 3 aromatic rings. The molecule has 1 atom stereocenters. The minimum atomic E-state index is -0.729. The summed E-state index contributed by atoms with van der Waals surface area (Å²) in [4.78, 5) is 22.7. The first-order chi connectivity index (χ1) is 12.2. The summed E-state index contributed by atoms with van der Waals surface area (Å²) in [7, 11) is 0. The van der Waals surface area contributed by atoms with Gasteiger partial charge in [-0.3, -0.25) is 9.78 Å². The predicted molar refractivity (Wildman–Crippen MR) is 99.4 cm³/mol. The third-order valence-corrected chi connectivity index (χ3v) is 4.85. The van der Waals surface area contributed by atoms with E-state index in [2.05, 4.69) is 9.97 Å². The second-order valence-corrected chi connectivity index (χ2v) is 6.86. The van der Waals surface area contributed by atoms with Crippen molar-refractivity contribution in [2.75, 3.05) is 13.1 Å². The van der Waals surface area contributed by atoms with Crippen molar-refractivity contribution < 1.29 is 9.90 Å². The number of hydrogen-bond donors (Lipinski definition) is 1. The highest BCUT2D eigenvalue weighted by Gasteiger charge is 2.18. The van der Waals surface area contributed by atoms with Gasteiger partial charge in [-0.05, 0) is 30.2 Å². The third kappa shape index (κ3) is 4.41. The molecule has 0 saturated carbocycles. The summed E-state index contributed by atoms with van der Waals surface area (Å²) in [6.07, 6.45) is 3.75. The van der Waals surface area contributed by atoms with Crippen molar-refractivity contribution in [2.45, 2.75) is 25.9 Å². The maximum atomic E-state index is 12.7. The van der Waals surface area contributed by atoms with E-state index in [1.165, 1.54) is 0 Å². The van der Waals surface area contributed by atoms with Crippen LogP contribution in [0.3, 0.4) is 0 Å². The van der Waals surface area contributed by atoms with Crippen molar-refractivity contribution in [3.63, 3.8) is 0 Å². The van der Waals surface area contributed by atoms with Gasteiger partial charge >= 0.3 is 0 Å². The molecule has 0 spiro atoms. The van der Waals surface area contributed by atoms with Gasteiger partial charge in [0.1, 0.15) is 0 Å². The Morgan fingerprint density at radius 1 is 1.36 bits per heavy atom. The average molecular weight is 355 g/mol. The first-order valence-corrected chi connectivity index (χ1v) is 9.23. The Morgan fingerprint density at radius 2 is 2.24 bits per heavy atom. The van der Waals surface area contributed by atoms with E-state index in [1.807, 2.05) is 36.7 Å². The Kier molecular flexibility index (Phi) is 5.73. The number of benzene rings is 1. The van der Waals surface area contributed by atoms with Gasteiger partial charge in [0.2, 0.25) is 5.91 Å². The summed E-state index contributed by atoms with van der Waals surface area (Å²) in [5.41, 5.74) is 4.46. The van der Waals surface area contributed by atoms with Crippen LogP contribution in [0.5, 0.6) is 0 Å². The zero-order valence-electron chi connectivity index (χ0n) is 14.1. The van der Waals surface area contributed by atoms with E-state index >= 15 is 0 Å². The molecule has 0 fully saturated rings. The van der Waals surface area contributed by atoms with Crippen LogP contribution in [0, 0.1) is 0 Å². The molecule has 3 rings (SSSR count). The van der Waals surface area contributed by atoms with Crippen molar-refractivity contribution in [1.82, 2.24) is 14.9 Å². The van der Waals surface area contributed by atoms with Crippen molar-refractivity contribution in [3.8, 4) is 0 Å². The summed E-state index contributed by atoms with van der Waals surface area (Å²) in [5, 5.41) is 10.4. The topological polar surface area (TPSA) is 66.3 Å². The van der Waals surface area contributed by atoms with E-state index in [4.69, 9.17) is 0 Å². The molecular formula is C19H21N3O2S. The molecule has 1 amide bonds. The number of carbonyl (C=O) groups is 1. The van der Waals surface area contributed by atoms with Gasteiger partial charge in [0.25, 0.3) is 0 Å². The normalized spacial score (nSPS) is 12.2. The van der Waals surface area contributed by atoms with Gasteiger partial charge in [-0.2, -0.15) is 0 Å². The average Bonchev–Trinajstić information content (AvgIpc) is 3.09. The fraction of sp³-hybridized carbons (Fsp3) is 0.316. The summed E-state index contributed by atoms with van der Waals surface area (Å²) in [6.45, 7) is 2.93. The lowest BCUT2D eigenvalue weighted by Gasteiger charge is -2.25. The van der Waals surface area contributed by atoms with Gasteiger partial charge < -0.3 is 10.0 Å². The lowest BCUT2D eigenvalue weighted by atomic mass is 10.1. The maximum Gasteiger partial charge on any atom is 0.227 e. The monoisotopic (exact) mass is 355 g/mol. The smallest absolute Gasteiger partial charge is 0.227 e. The van der Waals surface area contributed by atoms with Crippen LogP contribution in [0.25, 0.3) is 10.2 Å². The second kappa shape index (κ2) is 8.18. The van der Waals surface area contributed by atoms with Crippen molar-refractivity contribution in [2.24, 2.45) is 0 Å². The van der Waals surface area contributed by atoms with Crippen molar-refractivity contribution >= 4 is 27.5 Å². The molecular weight excluding hydrogens is 334 g/mol. The molecule has 2 aromatic heterocycles. The first kappa shape index (κ1) is 17.5. The van der Waals surface area contributed by atoms with Gasteiger partial charge in [0, 0.05) is 24.5 Å². The van der Waals surface area contributed by atoms with E-state index in [0.29, 0.717) is 13.0 Å². The predicted octanol–water partition coefficient (Wildman–Crippen LogP) is 3.21. The van der Waals surface area contributed by atoms with Crippen LogP contribution in [-0.4, -0.2) is 39.0 Å². The minimum absolute atomic E-state index is 0.0219. The van der Waals surface area contributed by atoms with Crippen LogP contribution in [0.15, 0.2) is 48.2 Å². The molecule has 0 bridgehead atoms. The van der Waals surface area contributed by atoms with Gasteiger partial charge in [0.05, 0.1) is 34.8 Å². The van der Waals surface area contributed by atoms with Crippen LogP contribution in [0.1, 0.15) is 30.6 Å². The number of rotatable bonds is 7. The second-order valence-electron chi connectivity index (χ2n) is 5.97. The van der Waals surface area contributed by atoms with Crippen LogP contribution in [-0.2, 0) is 11.2 Å². The van der Waals surface area contributed by atoms with Crippen LogP contribution < -0.4 is 0 Å². The molecule has 25 heavy (non-hydrogen) atoms. The Hall–Kier alpha value is -2.31. The number of aliphatic hydroxyl groups is 1. The molecule has 6 heteroatoms. The molecule has 2 heterocycles. The highest BCUT2D eigenvalue weighted by atomic mass is 32.1. The summed E-state index contributed by atoms with van der Waals surface area (Å²) >= 11 is 1.57. The molecule has 0 saturated heterocycles. The van der Waals surface area contributed by atoms with Crippen molar-refractivity contribution in [1.29, 1.82) is 0 Å². The number of hydrogen-bond acceptors (Lipinski definition) is 5. The van der Waals surface area contributed by atoms with E-state index in [0.717, 1.165) is 27.8 Å². The van der Waals surface area contributed by atoms with Crippen LogP contribution in [0.4, 0.5) is 0 Å². The Bertz CT molecular complexity index is 835. The van der Waals surface area contributed by atoms with E-state index in [1.54, 1.807) is 34.7 Å². The Labute approximate surface area is 151 Å².